The number of hydrogen-bond donors (Lipinski definition) is 1. The Balaban J connectivity index is 0.000000360. The fourth-order valence-electron chi connectivity index (χ4n) is 3.18. The molecule has 0 aromatic carbocycles. The molecule has 0 fully saturated rings. The number of carboxylic acid groups (broad SMARTS) is 1. The van der Waals surface area contributed by atoms with Gasteiger partial charge in [-0.2, -0.15) is 13.2 Å². The highest BCUT2D eigenvalue weighted by Gasteiger charge is 2.38. The van der Waals surface area contributed by atoms with Gasteiger partial charge in [0.25, 0.3) is 0 Å². The van der Waals surface area contributed by atoms with E-state index in [1.165, 1.54) is 10.6 Å². The van der Waals surface area contributed by atoms with Crippen molar-refractivity contribution in [3.05, 3.63) is 58.6 Å². The van der Waals surface area contributed by atoms with Gasteiger partial charge in [-0.15, -0.1) is 11.3 Å². The minimum Gasteiger partial charge on any atom is -0.475 e. The van der Waals surface area contributed by atoms with Crippen molar-refractivity contribution in [3.8, 4) is 6.01 Å². The molecule has 1 aliphatic heterocycles. The molecule has 0 amide bonds. The minimum atomic E-state index is -5.08. The maximum Gasteiger partial charge on any atom is 0.490 e. The van der Waals surface area contributed by atoms with Gasteiger partial charge in [0.05, 0.1) is 18.6 Å². The van der Waals surface area contributed by atoms with Crippen molar-refractivity contribution < 1.29 is 27.8 Å². The molecule has 0 saturated carbocycles. The summed E-state index contributed by atoms with van der Waals surface area (Å²) in [5.74, 6) is -2.40. The Morgan fingerprint density at radius 3 is 2.78 bits per heavy atom. The van der Waals surface area contributed by atoms with Crippen LogP contribution in [0.1, 0.15) is 16.3 Å². The van der Waals surface area contributed by atoms with Crippen LogP contribution in [0.3, 0.4) is 0 Å². The van der Waals surface area contributed by atoms with Gasteiger partial charge in [-0.25, -0.2) is 19.7 Å². The number of carboxylic acids is 1. The second kappa shape index (κ2) is 10.6. The highest BCUT2D eigenvalue weighted by atomic mass is 32.1. The van der Waals surface area contributed by atoms with Gasteiger partial charge in [0, 0.05) is 55.1 Å². The Labute approximate surface area is 186 Å². The van der Waals surface area contributed by atoms with Crippen LogP contribution in [0.25, 0.3) is 0 Å². The predicted octanol–water partition coefficient (Wildman–Crippen LogP) is 3.39. The highest BCUT2D eigenvalue weighted by Crippen LogP contribution is 2.21. The van der Waals surface area contributed by atoms with Crippen LogP contribution in [-0.4, -0.2) is 54.8 Å². The average Bonchev–Trinajstić information content (AvgIpc) is 3.35. The van der Waals surface area contributed by atoms with Crippen molar-refractivity contribution in [1.29, 1.82) is 0 Å². The number of aromatic nitrogens is 4. The first-order valence-corrected chi connectivity index (χ1v) is 10.5. The largest absolute Gasteiger partial charge is 0.490 e. The molecule has 4 heterocycles. The number of thiophene rings is 1. The Hall–Kier alpha value is -2.99. The summed E-state index contributed by atoms with van der Waals surface area (Å²) < 4.78 is 39.8. The van der Waals surface area contributed by atoms with Gasteiger partial charge in [0.15, 0.2) is 0 Å². The molecule has 0 saturated heterocycles. The lowest BCUT2D eigenvalue weighted by Crippen LogP contribution is -2.30. The van der Waals surface area contributed by atoms with E-state index in [2.05, 4.69) is 41.9 Å². The number of aliphatic carboxylic acids is 1. The second-order valence-electron chi connectivity index (χ2n) is 7.25. The number of aryl methyl sites for hydroxylation is 1. The Morgan fingerprint density at radius 2 is 2.12 bits per heavy atom. The monoisotopic (exact) mass is 469 g/mol. The van der Waals surface area contributed by atoms with Crippen LogP contribution in [0.15, 0.2) is 42.3 Å². The zero-order valence-electron chi connectivity index (χ0n) is 17.2. The van der Waals surface area contributed by atoms with E-state index in [1.807, 2.05) is 25.5 Å². The summed E-state index contributed by atoms with van der Waals surface area (Å²) in [4.78, 5) is 25.6. The summed E-state index contributed by atoms with van der Waals surface area (Å²) in [6.07, 6.45) is 0.538. The van der Waals surface area contributed by atoms with Crippen LogP contribution in [0.2, 0.25) is 0 Å². The second-order valence-corrected chi connectivity index (χ2v) is 8.28. The Kier molecular flexibility index (Phi) is 7.80. The topological polar surface area (TPSA) is 93.4 Å². The molecule has 12 heteroatoms. The molecule has 3 aromatic rings. The lowest BCUT2D eigenvalue weighted by Gasteiger charge is -2.23. The summed E-state index contributed by atoms with van der Waals surface area (Å²) in [6, 6.07) is 6.63. The molecule has 32 heavy (non-hydrogen) atoms. The minimum absolute atomic E-state index is 0.361. The van der Waals surface area contributed by atoms with Gasteiger partial charge in [-0.3, -0.25) is 4.90 Å². The third kappa shape index (κ3) is 7.02. The number of hydrogen-bond acceptors (Lipinski definition) is 7. The van der Waals surface area contributed by atoms with Gasteiger partial charge >= 0.3 is 18.2 Å². The fraction of sp³-hybridized carbons (Fsp3) is 0.400. The number of carbonyl (C=O) groups is 1. The number of fused-ring (bicyclic) bond motifs is 1. The van der Waals surface area contributed by atoms with Crippen LogP contribution in [0.5, 0.6) is 6.01 Å². The van der Waals surface area contributed by atoms with Crippen LogP contribution >= 0.6 is 11.3 Å². The summed E-state index contributed by atoms with van der Waals surface area (Å²) in [5, 5.41) is 9.26. The van der Waals surface area contributed by atoms with Gasteiger partial charge in [0.2, 0.25) is 0 Å². The molecular weight excluding hydrogens is 447 g/mol. The smallest absolute Gasteiger partial charge is 0.475 e. The first-order chi connectivity index (χ1) is 15.2. The molecule has 0 spiro atoms. The lowest BCUT2D eigenvalue weighted by atomic mass is 10.1. The standard InChI is InChI=1S/C18H21N5OS.C2HF3O2/c1-14-4-5-20-18(21-14)24-12-15-8-22(11-17-3-2-6-25-17)10-16-7-19-13-23(16)9-15;3-2(4,5)1(6)7/h2-7,13,15H,8-12H2,1H3;(H,6,7). The van der Waals surface area contributed by atoms with Gasteiger partial charge in [-0.1, -0.05) is 6.07 Å². The zero-order chi connectivity index (χ0) is 23.1. The lowest BCUT2D eigenvalue weighted by molar-refractivity contribution is -0.192. The van der Waals surface area contributed by atoms with E-state index in [0.29, 0.717) is 18.5 Å². The van der Waals surface area contributed by atoms with Crippen LogP contribution < -0.4 is 4.74 Å². The average molecular weight is 469 g/mol. The van der Waals surface area contributed by atoms with Gasteiger partial charge in [0.1, 0.15) is 0 Å². The molecule has 172 valence electrons. The van der Waals surface area contributed by atoms with E-state index in [9.17, 15) is 13.2 Å². The number of imidazole rings is 1. The van der Waals surface area contributed by atoms with Crippen molar-refractivity contribution in [2.24, 2.45) is 5.92 Å². The molecule has 1 unspecified atom stereocenters. The predicted molar refractivity (Wildman–Crippen MR) is 110 cm³/mol. The summed E-state index contributed by atoms with van der Waals surface area (Å²) >= 11 is 1.80. The fourth-order valence-corrected chi connectivity index (χ4v) is 3.92. The van der Waals surface area contributed by atoms with Gasteiger partial charge in [-0.05, 0) is 24.4 Å². The number of ether oxygens (including phenoxy) is 1. The highest BCUT2D eigenvalue weighted by molar-refractivity contribution is 7.09. The molecule has 1 N–H and O–H groups in total. The normalized spacial score (nSPS) is 16.4. The number of nitrogens with zero attached hydrogens (tertiary/aromatic N) is 5. The Morgan fingerprint density at radius 1 is 1.34 bits per heavy atom. The molecule has 0 radical (unpaired) electrons. The molecule has 8 nitrogen and oxygen atoms in total. The maximum absolute atomic E-state index is 10.6. The summed E-state index contributed by atoms with van der Waals surface area (Å²) in [7, 11) is 0. The molecular formula is C20H22F3N5O3S. The molecule has 4 rings (SSSR count). The molecule has 3 aromatic heterocycles. The zero-order valence-corrected chi connectivity index (χ0v) is 18.0. The number of halogens is 3. The van der Waals surface area contributed by atoms with E-state index in [4.69, 9.17) is 14.6 Å². The van der Waals surface area contributed by atoms with E-state index < -0.39 is 12.1 Å². The molecule has 1 atom stereocenters. The van der Waals surface area contributed by atoms with Crippen molar-refractivity contribution >= 4 is 17.3 Å². The number of rotatable bonds is 5. The van der Waals surface area contributed by atoms with E-state index in [0.717, 1.165) is 31.9 Å². The third-order valence-electron chi connectivity index (χ3n) is 4.58. The molecule has 0 bridgehead atoms. The van der Waals surface area contributed by atoms with Crippen LogP contribution in [0, 0.1) is 12.8 Å². The number of alkyl halides is 3. The van der Waals surface area contributed by atoms with Crippen molar-refractivity contribution in [2.75, 3.05) is 13.2 Å². The van der Waals surface area contributed by atoms with Crippen molar-refractivity contribution in [1.82, 2.24) is 24.4 Å². The third-order valence-corrected chi connectivity index (χ3v) is 5.44. The summed E-state index contributed by atoms with van der Waals surface area (Å²) in [6.45, 7) is 6.30. The Bertz CT molecular complexity index is 1010. The van der Waals surface area contributed by atoms with E-state index >= 15 is 0 Å². The van der Waals surface area contributed by atoms with Crippen LogP contribution in [-0.2, 0) is 24.4 Å². The van der Waals surface area contributed by atoms with E-state index in [-0.39, 0.29) is 0 Å². The van der Waals surface area contributed by atoms with Crippen molar-refractivity contribution in [3.63, 3.8) is 0 Å². The van der Waals surface area contributed by atoms with Crippen LogP contribution in [0.4, 0.5) is 13.2 Å². The molecule has 1 aliphatic rings. The van der Waals surface area contributed by atoms with Gasteiger partial charge < -0.3 is 14.4 Å². The maximum atomic E-state index is 10.6. The first-order valence-electron chi connectivity index (χ1n) is 9.67. The van der Waals surface area contributed by atoms with E-state index in [1.54, 1.807) is 17.5 Å². The molecule has 0 aliphatic carbocycles. The SMILES string of the molecule is Cc1ccnc(OCC2CN(Cc3cccs3)Cc3cncn3C2)n1.O=C(O)C(F)(F)F. The quantitative estimate of drug-likeness (QED) is 0.612. The first kappa shape index (κ1) is 23.7. The van der Waals surface area contributed by atoms with Crippen molar-refractivity contribution in [2.45, 2.75) is 32.7 Å². The summed E-state index contributed by atoms with van der Waals surface area (Å²) in [5.41, 5.74) is 2.17.